The molecule has 1 aromatic heterocycles. The molecule has 32 heavy (non-hydrogen) atoms. The fourth-order valence-corrected chi connectivity index (χ4v) is 6.02. The van der Waals surface area contributed by atoms with Gasteiger partial charge in [0.15, 0.2) is 0 Å². The minimum absolute atomic E-state index is 0.218. The number of hydrogen-bond donors (Lipinski definition) is 3. The third kappa shape index (κ3) is 4.16. The Kier molecular flexibility index (Phi) is 6.47. The number of imidazole rings is 1. The summed E-state index contributed by atoms with van der Waals surface area (Å²) in [5.41, 5.74) is 10.7. The molecule has 5 rings (SSSR count). The van der Waals surface area contributed by atoms with Gasteiger partial charge in [0.25, 0.3) is 0 Å². The molecule has 0 spiro atoms. The van der Waals surface area contributed by atoms with Crippen molar-refractivity contribution in [2.45, 2.75) is 62.8 Å². The molecule has 1 saturated heterocycles. The molecule has 1 aliphatic carbocycles. The minimum Gasteiger partial charge on any atom is -0.382 e. The quantitative estimate of drug-likeness (QED) is 0.459. The van der Waals surface area contributed by atoms with Gasteiger partial charge in [-0.2, -0.15) is 0 Å². The predicted octanol–water partition coefficient (Wildman–Crippen LogP) is 5.36. The lowest BCUT2D eigenvalue weighted by atomic mass is 9.79. The first kappa shape index (κ1) is 21.5. The van der Waals surface area contributed by atoms with Crippen LogP contribution in [0.3, 0.4) is 0 Å². The van der Waals surface area contributed by atoms with Crippen molar-refractivity contribution < 1.29 is 0 Å². The molecule has 5 nitrogen and oxygen atoms in total. The fraction of sp³-hybridized carbons (Fsp3) is 0.519. The molecule has 0 bridgehead atoms. The SMILES string of the molecule is NCCNc1cccc2[nH]c(C3CCN(C4(c5ccccc5)CCCCCC4)CC3)nc12. The van der Waals surface area contributed by atoms with E-state index in [0.29, 0.717) is 12.5 Å². The van der Waals surface area contributed by atoms with Gasteiger partial charge in [0.1, 0.15) is 11.3 Å². The second-order valence-corrected chi connectivity index (χ2v) is 9.61. The average Bonchev–Trinajstić information content (AvgIpc) is 3.14. The van der Waals surface area contributed by atoms with Gasteiger partial charge in [-0.1, -0.05) is 62.1 Å². The van der Waals surface area contributed by atoms with E-state index >= 15 is 0 Å². The number of aromatic nitrogens is 2. The molecule has 0 amide bonds. The summed E-state index contributed by atoms with van der Waals surface area (Å²) < 4.78 is 0. The maximum atomic E-state index is 5.68. The summed E-state index contributed by atoms with van der Waals surface area (Å²) in [5.74, 6) is 1.65. The first-order valence-corrected chi connectivity index (χ1v) is 12.5. The molecule has 0 radical (unpaired) electrons. The zero-order chi connectivity index (χ0) is 21.8. The number of anilines is 1. The Hall–Kier alpha value is -2.37. The number of H-pyrrole nitrogens is 1. The number of benzene rings is 2. The van der Waals surface area contributed by atoms with Crippen LogP contribution in [-0.2, 0) is 5.54 Å². The third-order valence-corrected chi connectivity index (χ3v) is 7.72. The molecular weight excluding hydrogens is 394 g/mol. The highest BCUT2D eigenvalue weighted by atomic mass is 15.2. The molecule has 0 unspecified atom stereocenters. The summed E-state index contributed by atoms with van der Waals surface area (Å²) in [6.45, 7) is 3.68. The van der Waals surface area contributed by atoms with Gasteiger partial charge in [-0.15, -0.1) is 0 Å². The molecule has 5 heteroatoms. The number of hydrogen-bond acceptors (Lipinski definition) is 4. The number of para-hydroxylation sites is 1. The summed E-state index contributed by atoms with van der Waals surface area (Å²) >= 11 is 0. The minimum atomic E-state index is 0.218. The van der Waals surface area contributed by atoms with Crippen molar-refractivity contribution in [3.05, 3.63) is 59.9 Å². The van der Waals surface area contributed by atoms with E-state index in [0.717, 1.165) is 42.2 Å². The molecule has 2 heterocycles. The molecule has 2 aliphatic rings. The lowest BCUT2D eigenvalue weighted by Gasteiger charge is -2.47. The van der Waals surface area contributed by atoms with Crippen LogP contribution < -0.4 is 11.1 Å². The zero-order valence-electron chi connectivity index (χ0n) is 19.2. The topological polar surface area (TPSA) is 70.0 Å². The van der Waals surface area contributed by atoms with E-state index in [9.17, 15) is 0 Å². The molecule has 3 aromatic rings. The van der Waals surface area contributed by atoms with Crippen molar-refractivity contribution in [2.24, 2.45) is 5.73 Å². The summed E-state index contributed by atoms with van der Waals surface area (Å²) in [4.78, 5) is 11.5. The van der Waals surface area contributed by atoms with Crippen LogP contribution in [0.25, 0.3) is 11.0 Å². The van der Waals surface area contributed by atoms with Crippen LogP contribution >= 0.6 is 0 Å². The van der Waals surface area contributed by atoms with Gasteiger partial charge >= 0.3 is 0 Å². The van der Waals surface area contributed by atoms with E-state index in [1.165, 1.54) is 56.9 Å². The van der Waals surface area contributed by atoms with Crippen LogP contribution in [0.15, 0.2) is 48.5 Å². The van der Waals surface area contributed by atoms with Gasteiger partial charge in [0.2, 0.25) is 0 Å². The monoisotopic (exact) mass is 431 g/mol. The largest absolute Gasteiger partial charge is 0.382 e. The maximum Gasteiger partial charge on any atom is 0.112 e. The highest BCUT2D eigenvalue weighted by molar-refractivity contribution is 5.88. The normalized spacial score (nSPS) is 20.3. The number of aromatic amines is 1. The molecule has 2 aromatic carbocycles. The van der Waals surface area contributed by atoms with Crippen LogP contribution in [-0.4, -0.2) is 41.0 Å². The molecule has 4 N–H and O–H groups in total. The first-order chi connectivity index (χ1) is 15.8. The van der Waals surface area contributed by atoms with E-state index < -0.39 is 0 Å². The van der Waals surface area contributed by atoms with Crippen molar-refractivity contribution in [1.82, 2.24) is 14.9 Å². The number of nitrogens with zero attached hydrogens (tertiary/aromatic N) is 2. The number of nitrogens with one attached hydrogen (secondary N) is 2. The number of nitrogens with two attached hydrogens (primary N) is 1. The van der Waals surface area contributed by atoms with E-state index in [1.807, 2.05) is 0 Å². The van der Waals surface area contributed by atoms with Crippen LogP contribution in [0, 0.1) is 0 Å². The summed E-state index contributed by atoms with van der Waals surface area (Å²) in [6, 6.07) is 17.6. The van der Waals surface area contributed by atoms with E-state index in [2.05, 4.69) is 63.7 Å². The number of rotatable bonds is 6. The molecule has 1 saturated carbocycles. The maximum absolute atomic E-state index is 5.68. The Balaban J connectivity index is 1.35. The Bertz CT molecular complexity index is 995. The molecule has 0 atom stereocenters. The Labute approximate surface area is 191 Å². The number of likely N-dealkylation sites (tertiary alicyclic amines) is 1. The zero-order valence-corrected chi connectivity index (χ0v) is 19.2. The van der Waals surface area contributed by atoms with Crippen molar-refractivity contribution >= 4 is 16.7 Å². The standard InChI is InChI=1S/C27H37N5/c28-17-18-29-23-11-8-12-24-25(23)31-26(30-24)21-13-19-32(20-14-21)27(15-6-1-2-7-16-27)22-9-4-3-5-10-22/h3-5,8-12,21,29H,1-2,6-7,13-20,28H2,(H,30,31). The summed E-state index contributed by atoms with van der Waals surface area (Å²) in [5, 5.41) is 3.42. The molecule has 170 valence electrons. The van der Waals surface area contributed by atoms with E-state index in [1.54, 1.807) is 0 Å². The van der Waals surface area contributed by atoms with Crippen molar-refractivity contribution in [1.29, 1.82) is 0 Å². The molecule has 2 fully saturated rings. The van der Waals surface area contributed by atoms with Crippen molar-refractivity contribution in [3.63, 3.8) is 0 Å². The number of fused-ring (bicyclic) bond motifs is 1. The lowest BCUT2D eigenvalue weighted by molar-refractivity contribution is 0.0426. The van der Waals surface area contributed by atoms with Gasteiger partial charge in [-0.3, -0.25) is 4.90 Å². The van der Waals surface area contributed by atoms with Gasteiger partial charge < -0.3 is 16.0 Å². The molecule has 1 aliphatic heterocycles. The smallest absolute Gasteiger partial charge is 0.112 e. The van der Waals surface area contributed by atoms with E-state index in [-0.39, 0.29) is 5.54 Å². The molecular formula is C27H37N5. The van der Waals surface area contributed by atoms with Crippen LogP contribution in [0.4, 0.5) is 5.69 Å². The number of piperidine rings is 1. The van der Waals surface area contributed by atoms with Gasteiger partial charge in [-0.25, -0.2) is 4.98 Å². The van der Waals surface area contributed by atoms with Crippen molar-refractivity contribution in [2.75, 3.05) is 31.5 Å². The van der Waals surface area contributed by atoms with Crippen LogP contribution in [0.1, 0.15) is 68.7 Å². The van der Waals surface area contributed by atoms with E-state index in [4.69, 9.17) is 10.7 Å². The van der Waals surface area contributed by atoms with Gasteiger partial charge in [0.05, 0.1) is 11.2 Å². The van der Waals surface area contributed by atoms with Crippen LogP contribution in [0.2, 0.25) is 0 Å². The second-order valence-electron chi connectivity index (χ2n) is 9.61. The van der Waals surface area contributed by atoms with Crippen molar-refractivity contribution in [3.8, 4) is 0 Å². The van der Waals surface area contributed by atoms with Gasteiger partial charge in [0, 0.05) is 24.5 Å². The second kappa shape index (κ2) is 9.63. The highest BCUT2D eigenvalue weighted by Gasteiger charge is 2.40. The Morgan fingerprint density at radius 1 is 0.969 bits per heavy atom. The lowest BCUT2D eigenvalue weighted by Crippen LogP contribution is -2.49. The first-order valence-electron chi connectivity index (χ1n) is 12.5. The average molecular weight is 432 g/mol. The fourth-order valence-electron chi connectivity index (χ4n) is 6.02. The summed E-state index contributed by atoms with van der Waals surface area (Å²) in [6.07, 6.45) is 10.4. The predicted molar refractivity (Wildman–Crippen MR) is 133 cm³/mol. The highest BCUT2D eigenvalue weighted by Crippen LogP contribution is 2.44. The van der Waals surface area contributed by atoms with Crippen LogP contribution in [0.5, 0.6) is 0 Å². The third-order valence-electron chi connectivity index (χ3n) is 7.72. The van der Waals surface area contributed by atoms with Gasteiger partial charge in [-0.05, 0) is 56.5 Å². The Morgan fingerprint density at radius 2 is 1.72 bits per heavy atom. The summed E-state index contributed by atoms with van der Waals surface area (Å²) in [7, 11) is 0. The Morgan fingerprint density at radius 3 is 2.44 bits per heavy atom.